The van der Waals surface area contributed by atoms with Gasteiger partial charge in [0.25, 0.3) is 0 Å². The van der Waals surface area contributed by atoms with Crippen molar-refractivity contribution in [2.24, 2.45) is 7.05 Å². The molecule has 0 spiro atoms. The second-order valence-corrected chi connectivity index (χ2v) is 8.34. The summed E-state index contributed by atoms with van der Waals surface area (Å²) in [6.45, 7) is 4.29. The molecule has 1 aromatic heterocycles. The molecule has 2 aromatic carbocycles. The van der Waals surface area contributed by atoms with Gasteiger partial charge in [0.1, 0.15) is 0 Å². The first-order chi connectivity index (χ1) is 13.7. The zero-order valence-corrected chi connectivity index (χ0v) is 18.9. The lowest BCUT2D eigenvalue weighted by molar-refractivity contribution is 0.262. The molecule has 152 valence electrons. The molecule has 0 aliphatic heterocycles. The molecular formula is C22H26BrN5O. The van der Waals surface area contributed by atoms with Crippen molar-refractivity contribution in [1.29, 1.82) is 0 Å². The molecule has 3 aromatic rings. The highest BCUT2D eigenvalue weighted by atomic mass is 79.9. The second-order valence-electron chi connectivity index (χ2n) is 7.48. The van der Waals surface area contributed by atoms with Crippen LogP contribution in [0.1, 0.15) is 25.3 Å². The molecule has 0 unspecified atom stereocenters. The van der Waals surface area contributed by atoms with Crippen LogP contribution in [0, 0.1) is 0 Å². The van der Waals surface area contributed by atoms with Crippen LogP contribution in [0.4, 0.5) is 21.9 Å². The molecule has 0 saturated carbocycles. The second kappa shape index (κ2) is 8.69. The highest BCUT2D eigenvalue weighted by Gasteiger charge is 2.13. The van der Waals surface area contributed by atoms with Gasteiger partial charge in [0.15, 0.2) is 0 Å². The lowest BCUT2D eigenvalue weighted by Crippen LogP contribution is -2.20. The van der Waals surface area contributed by atoms with Crippen molar-refractivity contribution < 1.29 is 4.79 Å². The predicted octanol–water partition coefficient (Wildman–Crippen LogP) is 5.68. The third-order valence-corrected chi connectivity index (χ3v) is 5.28. The number of aryl methyl sites for hydroxylation is 1. The molecule has 0 atom stereocenters. The Bertz CT molecular complexity index is 989. The molecule has 7 heteroatoms. The Labute approximate surface area is 180 Å². The van der Waals surface area contributed by atoms with Gasteiger partial charge in [-0.1, -0.05) is 26.0 Å². The molecule has 2 N–H and O–H groups in total. The summed E-state index contributed by atoms with van der Waals surface area (Å²) < 4.78 is 2.70. The fraction of sp³-hybridized carbons (Fsp3) is 0.273. The third kappa shape index (κ3) is 4.98. The van der Waals surface area contributed by atoms with Crippen LogP contribution in [0.25, 0.3) is 11.3 Å². The lowest BCUT2D eigenvalue weighted by Gasteiger charge is -2.17. The summed E-state index contributed by atoms with van der Waals surface area (Å²) in [5, 5.41) is 10.1. The van der Waals surface area contributed by atoms with Crippen molar-refractivity contribution in [1.82, 2.24) is 9.78 Å². The molecule has 0 aliphatic carbocycles. The van der Waals surface area contributed by atoms with Gasteiger partial charge in [-0.05, 0) is 57.7 Å². The van der Waals surface area contributed by atoms with Crippen LogP contribution in [0.2, 0.25) is 0 Å². The molecule has 0 bridgehead atoms. The van der Waals surface area contributed by atoms with Crippen LogP contribution in [0.15, 0.2) is 53.1 Å². The first kappa shape index (κ1) is 20.9. The largest absolute Gasteiger partial charge is 0.378 e. The number of benzene rings is 2. The van der Waals surface area contributed by atoms with Gasteiger partial charge in [0.2, 0.25) is 0 Å². The van der Waals surface area contributed by atoms with E-state index in [1.807, 2.05) is 62.4 Å². The number of amides is 2. The maximum atomic E-state index is 12.6. The van der Waals surface area contributed by atoms with E-state index < -0.39 is 0 Å². The van der Waals surface area contributed by atoms with E-state index in [1.165, 1.54) is 5.56 Å². The fourth-order valence-corrected chi connectivity index (χ4v) is 3.64. The Kier molecular flexibility index (Phi) is 6.27. The number of carbonyl (C=O) groups is 1. The number of rotatable bonds is 5. The van der Waals surface area contributed by atoms with Crippen molar-refractivity contribution in [3.63, 3.8) is 0 Å². The van der Waals surface area contributed by atoms with Gasteiger partial charge in [-0.3, -0.25) is 4.68 Å². The zero-order chi connectivity index (χ0) is 21.1. The highest BCUT2D eigenvalue weighted by molar-refractivity contribution is 9.10. The van der Waals surface area contributed by atoms with Crippen LogP contribution in [-0.4, -0.2) is 29.9 Å². The molecular weight excluding hydrogens is 430 g/mol. The van der Waals surface area contributed by atoms with Crippen LogP contribution < -0.4 is 15.5 Å². The minimum absolute atomic E-state index is 0.284. The number of hydrogen-bond donors (Lipinski definition) is 2. The summed E-state index contributed by atoms with van der Waals surface area (Å²) in [6, 6.07) is 13.6. The first-order valence-corrected chi connectivity index (χ1v) is 10.2. The smallest absolute Gasteiger partial charge is 0.323 e. The Balaban J connectivity index is 1.83. The van der Waals surface area contributed by atoms with Crippen molar-refractivity contribution in [3.8, 4) is 11.3 Å². The van der Waals surface area contributed by atoms with Crippen LogP contribution in [0.3, 0.4) is 0 Å². The highest BCUT2D eigenvalue weighted by Crippen LogP contribution is 2.33. The lowest BCUT2D eigenvalue weighted by atomic mass is 10.0. The summed E-state index contributed by atoms with van der Waals surface area (Å²) in [7, 11) is 5.83. The van der Waals surface area contributed by atoms with Gasteiger partial charge in [-0.25, -0.2) is 4.79 Å². The normalized spacial score (nSPS) is 10.9. The minimum Gasteiger partial charge on any atom is -0.378 e. The topological polar surface area (TPSA) is 62.2 Å². The van der Waals surface area contributed by atoms with E-state index in [-0.39, 0.29) is 6.03 Å². The standard InChI is InChI=1S/C22H26BrN5O/c1-14(2)15-6-8-17(9-7-15)25-22(29)26-18-10-16(11-19(12-18)27(3)4)21-20(23)13-24-28(21)5/h6-14H,1-5H3,(H2,25,26,29). The Morgan fingerprint density at radius 2 is 1.72 bits per heavy atom. The molecule has 1 heterocycles. The number of nitrogens with zero attached hydrogens (tertiary/aromatic N) is 3. The van der Waals surface area contributed by atoms with E-state index in [9.17, 15) is 4.79 Å². The van der Waals surface area contributed by atoms with Crippen molar-refractivity contribution in [3.05, 3.63) is 58.7 Å². The number of carbonyl (C=O) groups excluding carboxylic acids is 1. The zero-order valence-electron chi connectivity index (χ0n) is 17.3. The number of halogens is 1. The molecule has 0 aliphatic rings. The Morgan fingerprint density at radius 3 is 2.28 bits per heavy atom. The average Bonchev–Trinajstić information content (AvgIpc) is 3.00. The summed E-state index contributed by atoms with van der Waals surface area (Å²) in [5.41, 5.74) is 5.58. The van der Waals surface area contributed by atoms with E-state index in [4.69, 9.17) is 0 Å². The van der Waals surface area contributed by atoms with Crippen molar-refractivity contribution in [2.75, 3.05) is 29.6 Å². The van der Waals surface area contributed by atoms with Crippen molar-refractivity contribution in [2.45, 2.75) is 19.8 Å². The molecule has 6 nitrogen and oxygen atoms in total. The molecule has 2 amide bonds. The summed E-state index contributed by atoms with van der Waals surface area (Å²) in [6.07, 6.45) is 1.76. The molecule has 0 radical (unpaired) electrons. The molecule has 0 saturated heterocycles. The van der Waals surface area contributed by atoms with E-state index in [0.29, 0.717) is 11.6 Å². The van der Waals surface area contributed by atoms with Gasteiger partial charge in [0.05, 0.1) is 16.4 Å². The average molecular weight is 456 g/mol. The van der Waals surface area contributed by atoms with Crippen LogP contribution >= 0.6 is 15.9 Å². The maximum absolute atomic E-state index is 12.6. The summed E-state index contributed by atoms with van der Waals surface area (Å²) in [5.74, 6) is 0.455. The van der Waals surface area contributed by atoms with Gasteiger partial charge >= 0.3 is 6.03 Å². The quantitative estimate of drug-likeness (QED) is 0.519. The number of aromatic nitrogens is 2. The van der Waals surface area contributed by atoms with Gasteiger partial charge in [-0.2, -0.15) is 5.10 Å². The summed E-state index contributed by atoms with van der Waals surface area (Å²) >= 11 is 3.55. The van der Waals surface area contributed by atoms with Crippen LogP contribution in [-0.2, 0) is 7.05 Å². The monoisotopic (exact) mass is 455 g/mol. The van der Waals surface area contributed by atoms with E-state index in [0.717, 1.165) is 27.1 Å². The van der Waals surface area contributed by atoms with Crippen LogP contribution in [0.5, 0.6) is 0 Å². The first-order valence-electron chi connectivity index (χ1n) is 9.43. The Hall–Kier alpha value is -2.80. The summed E-state index contributed by atoms with van der Waals surface area (Å²) in [4.78, 5) is 14.6. The van der Waals surface area contributed by atoms with E-state index in [1.54, 1.807) is 10.9 Å². The van der Waals surface area contributed by atoms with E-state index in [2.05, 4.69) is 51.6 Å². The SMILES string of the molecule is CC(C)c1ccc(NC(=O)Nc2cc(-c3c(Br)cnn3C)cc(N(C)C)c2)cc1. The molecule has 0 fully saturated rings. The van der Waals surface area contributed by atoms with Gasteiger partial charge in [0, 0.05) is 43.8 Å². The fourth-order valence-electron chi connectivity index (χ4n) is 3.06. The maximum Gasteiger partial charge on any atom is 0.323 e. The Morgan fingerprint density at radius 1 is 1.07 bits per heavy atom. The minimum atomic E-state index is -0.284. The number of hydrogen-bond acceptors (Lipinski definition) is 3. The number of anilines is 3. The molecule has 3 rings (SSSR count). The van der Waals surface area contributed by atoms with Crippen molar-refractivity contribution >= 4 is 39.0 Å². The number of nitrogens with one attached hydrogen (secondary N) is 2. The van der Waals surface area contributed by atoms with E-state index >= 15 is 0 Å². The molecule has 29 heavy (non-hydrogen) atoms. The predicted molar refractivity (Wildman–Crippen MR) is 124 cm³/mol. The van der Waals surface area contributed by atoms with Gasteiger partial charge in [-0.15, -0.1) is 0 Å². The number of urea groups is 1. The third-order valence-electron chi connectivity index (χ3n) is 4.69. The van der Waals surface area contributed by atoms with Gasteiger partial charge < -0.3 is 15.5 Å².